The second-order valence-electron chi connectivity index (χ2n) is 2.68. The summed E-state index contributed by atoms with van der Waals surface area (Å²) in [5.41, 5.74) is -0.777. The molecule has 1 aromatic rings. The molecule has 0 bridgehead atoms. The molecule has 2 rings (SSSR count). The van der Waals surface area contributed by atoms with E-state index in [1.165, 1.54) is 0 Å². The van der Waals surface area contributed by atoms with Gasteiger partial charge in [0.1, 0.15) is 5.60 Å². The zero-order valence-electron chi connectivity index (χ0n) is 5.66. The lowest BCUT2D eigenvalue weighted by Gasteiger charge is -1.95. The molecule has 1 aromatic heterocycles. The first-order valence-electron chi connectivity index (χ1n) is 3.24. The molecule has 1 aliphatic carbocycles. The molecule has 0 unspecified atom stereocenters. The molecule has 0 spiro atoms. The summed E-state index contributed by atoms with van der Waals surface area (Å²) in [6.45, 7) is 1.73. The van der Waals surface area contributed by atoms with Gasteiger partial charge in [-0.3, -0.25) is 0 Å². The Labute approximate surface area is 57.9 Å². The van der Waals surface area contributed by atoms with Crippen LogP contribution in [0.5, 0.6) is 0 Å². The van der Waals surface area contributed by atoms with Gasteiger partial charge in [0, 0.05) is 0 Å². The molecule has 0 amide bonds. The molecule has 0 saturated heterocycles. The fraction of sp³-hybridized carbons (Fsp3) is 0.667. The molecule has 54 valence electrons. The fourth-order valence-corrected chi connectivity index (χ4v) is 0.818. The molecule has 0 radical (unpaired) electrons. The van der Waals surface area contributed by atoms with Crippen LogP contribution in [0.3, 0.4) is 0 Å². The zero-order chi connectivity index (χ0) is 7.19. The van der Waals surface area contributed by atoms with E-state index in [-0.39, 0.29) is 0 Å². The minimum Gasteiger partial charge on any atom is -0.380 e. The summed E-state index contributed by atoms with van der Waals surface area (Å²) in [4.78, 5) is 3.92. The molecule has 0 aromatic carbocycles. The fourth-order valence-electron chi connectivity index (χ4n) is 0.818. The third kappa shape index (κ3) is 0.724. The highest BCUT2D eigenvalue weighted by Crippen LogP contribution is 2.44. The van der Waals surface area contributed by atoms with Gasteiger partial charge in [0.2, 0.25) is 0 Å². The minimum atomic E-state index is -0.777. The van der Waals surface area contributed by atoms with Crippen molar-refractivity contribution in [3.8, 4) is 0 Å². The Morgan fingerprint density at radius 1 is 1.60 bits per heavy atom. The van der Waals surface area contributed by atoms with E-state index in [4.69, 9.17) is 4.52 Å². The number of hydrogen-bond donors (Lipinski definition) is 1. The summed E-state index contributed by atoms with van der Waals surface area (Å²) in [5.74, 6) is 0.945. The van der Waals surface area contributed by atoms with Gasteiger partial charge in [0.25, 0.3) is 5.89 Å². The van der Waals surface area contributed by atoms with Crippen molar-refractivity contribution in [2.24, 2.45) is 0 Å². The van der Waals surface area contributed by atoms with Gasteiger partial charge in [-0.15, -0.1) is 0 Å². The van der Waals surface area contributed by atoms with Crippen molar-refractivity contribution in [3.05, 3.63) is 11.7 Å². The van der Waals surface area contributed by atoms with Crippen molar-refractivity contribution < 1.29 is 9.63 Å². The normalized spacial score (nSPS) is 21.0. The van der Waals surface area contributed by atoms with Gasteiger partial charge in [0.15, 0.2) is 5.82 Å². The van der Waals surface area contributed by atoms with Crippen LogP contribution in [-0.2, 0) is 5.60 Å². The number of rotatable bonds is 1. The lowest BCUT2D eigenvalue weighted by molar-refractivity contribution is 0.108. The molecular weight excluding hydrogens is 132 g/mol. The summed E-state index contributed by atoms with van der Waals surface area (Å²) in [7, 11) is 0. The largest absolute Gasteiger partial charge is 0.380 e. The van der Waals surface area contributed by atoms with E-state index in [0.717, 1.165) is 12.8 Å². The van der Waals surface area contributed by atoms with Gasteiger partial charge >= 0.3 is 0 Å². The third-order valence-electron chi connectivity index (χ3n) is 1.65. The van der Waals surface area contributed by atoms with Crippen molar-refractivity contribution >= 4 is 0 Å². The van der Waals surface area contributed by atoms with Gasteiger partial charge in [-0.25, -0.2) is 0 Å². The van der Waals surface area contributed by atoms with Crippen LogP contribution in [0.25, 0.3) is 0 Å². The Balaban J connectivity index is 2.34. The maximum atomic E-state index is 9.42. The predicted octanol–water partition coefficient (Wildman–Crippen LogP) is 0.359. The molecule has 4 heteroatoms. The Morgan fingerprint density at radius 2 is 2.30 bits per heavy atom. The molecule has 10 heavy (non-hydrogen) atoms. The van der Waals surface area contributed by atoms with Crippen LogP contribution in [0.4, 0.5) is 0 Å². The predicted molar refractivity (Wildman–Crippen MR) is 32.2 cm³/mol. The molecular formula is C6H8N2O2. The topological polar surface area (TPSA) is 59.2 Å². The molecule has 1 N–H and O–H groups in total. The van der Waals surface area contributed by atoms with Crippen molar-refractivity contribution in [2.45, 2.75) is 25.4 Å². The lowest BCUT2D eigenvalue weighted by atomic mass is 10.3. The lowest BCUT2D eigenvalue weighted by Crippen LogP contribution is -2.03. The van der Waals surface area contributed by atoms with Gasteiger partial charge < -0.3 is 9.63 Å². The average Bonchev–Trinajstić information content (AvgIpc) is 2.45. The summed E-state index contributed by atoms with van der Waals surface area (Å²) in [6.07, 6.45) is 1.49. The van der Waals surface area contributed by atoms with Crippen molar-refractivity contribution in [2.75, 3.05) is 0 Å². The monoisotopic (exact) mass is 140 g/mol. The van der Waals surface area contributed by atoms with E-state index in [1.807, 2.05) is 0 Å². The van der Waals surface area contributed by atoms with Crippen LogP contribution >= 0.6 is 0 Å². The highest BCUT2D eigenvalue weighted by Gasteiger charge is 2.47. The van der Waals surface area contributed by atoms with Crippen LogP contribution in [0, 0.1) is 6.92 Å². The van der Waals surface area contributed by atoms with Gasteiger partial charge in [-0.1, -0.05) is 5.16 Å². The van der Waals surface area contributed by atoms with E-state index < -0.39 is 5.60 Å². The first kappa shape index (κ1) is 5.85. The SMILES string of the molecule is Cc1noc(C2(O)CC2)n1. The number of hydrogen-bond acceptors (Lipinski definition) is 4. The Hall–Kier alpha value is -0.900. The standard InChI is InChI=1S/C6H8N2O2/c1-4-7-5(10-8-4)6(9)2-3-6/h9H,2-3H2,1H3. The van der Waals surface area contributed by atoms with Gasteiger partial charge in [0.05, 0.1) is 0 Å². The zero-order valence-corrected chi connectivity index (χ0v) is 5.66. The van der Waals surface area contributed by atoms with Crippen LogP contribution < -0.4 is 0 Å². The molecule has 4 nitrogen and oxygen atoms in total. The molecule has 1 heterocycles. The maximum absolute atomic E-state index is 9.42. The highest BCUT2D eigenvalue weighted by molar-refractivity contribution is 5.07. The smallest absolute Gasteiger partial charge is 0.258 e. The molecule has 1 fully saturated rings. The Bertz CT molecular complexity index is 252. The van der Waals surface area contributed by atoms with Crippen LogP contribution in [0.15, 0.2) is 4.52 Å². The molecule has 1 saturated carbocycles. The summed E-state index contributed by atoms with van der Waals surface area (Å²) < 4.78 is 4.78. The number of nitrogens with zero attached hydrogens (tertiary/aromatic N) is 2. The molecule has 1 aliphatic rings. The highest BCUT2D eigenvalue weighted by atomic mass is 16.5. The second kappa shape index (κ2) is 1.58. The van der Waals surface area contributed by atoms with Gasteiger partial charge in [-0.2, -0.15) is 4.98 Å². The van der Waals surface area contributed by atoms with Crippen molar-refractivity contribution in [1.29, 1.82) is 0 Å². The summed E-state index contributed by atoms with van der Waals surface area (Å²) >= 11 is 0. The maximum Gasteiger partial charge on any atom is 0.258 e. The first-order valence-corrected chi connectivity index (χ1v) is 3.24. The second-order valence-corrected chi connectivity index (χ2v) is 2.68. The number of aryl methyl sites for hydroxylation is 1. The van der Waals surface area contributed by atoms with E-state index in [1.54, 1.807) is 6.92 Å². The minimum absolute atomic E-state index is 0.366. The quantitative estimate of drug-likeness (QED) is 0.611. The van der Waals surface area contributed by atoms with Crippen LogP contribution in [0.1, 0.15) is 24.6 Å². The number of aliphatic hydroxyl groups is 1. The Kier molecular flexibility index (Phi) is 0.922. The van der Waals surface area contributed by atoms with Crippen molar-refractivity contribution in [3.63, 3.8) is 0 Å². The third-order valence-corrected chi connectivity index (χ3v) is 1.65. The van der Waals surface area contributed by atoms with E-state index >= 15 is 0 Å². The van der Waals surface area contributed by atoms with Crippen molar-refractivity contribution in [1.82, 2.24) is 10.1 Å². The van der Waals surface area contributed by atoms with E-state index in [9.17, 15) is 5.11 Å². The first-order chi connectivity index (χ1) is 4.71. The van der Waals surface area contributed by atoms with E-state index in [2.05, 4.69) is 10.1 Å². The molecule has 0 atom stereocenters. The summed E-state index contributed by atoms with van der Waals surface area (Å²) in [6, 6.07) is 0. The Morgan fingerprint density at radius 3 is 2.70 bits per heavy atom. The van der Waals surface area contributed by atoms with E-state index in [0.29, 0.717) is 11.7 Å². The molecule has 0 aliphatic heterocycles. The number of aromatic nitrogens is 2. The van der Waals surface area contributed by atoms with Crippen LogP contribution in [0.2, 0.25) is 0 Å². The average molecular weight is 140 g/mol. The van der Waals surface area contributed by atoms with Gasteiger partial charge in [-0.05, 0) is 19.8 Å². The summed E-state index contributed by atoms with van der Waals surface area (Å²) in [5, 5.41) is 13.0. The van der Waals surface area contributed by atoms with Crippen LogP contribution in [-0.4, -0.2) is 15.2 Å².